The summed E-state index contributed by atoms with van der Waals surface area (Å²) in [7, 11) is 0. The average Bonchev–Trinajstić information content (AvgIpc) is 2.84. The first-order chi connectivity index (χ1) is 8.29. The van der Waals surface area contributed by atoms with Gasteiger partial charge in [-0.3, -0.25) is 0 Å². The van der Waals surface area contributed by atoms with Crippen molar-refractivity contribution in [2.24, 2.45) is 0 Å². The number of hydrogen-bond donors (Lipinski definition) is 2. The molecule has 1 aliphatic rings. The van der Waals surface area contributed by atoms with Crippen LogP contribution < -0.4 is 11.1 Å². The molecule has 1 aliphatic heterocycles. The molecule has 3 N–H and O–H groups in total. The number of nitrogens with one attached hydrogen (secondary N) is 1. The second-order valence-electron chi connectivity index (χ2n) is 4.25. The van der Waals surface area contributed by atoms with Crippen LogP contribution in [0.4, 0.5) is 11.5 Å². The molecule has 2 heterocycles. The summed E-state index contributed by atoms with van der Waals surface area (Å²) in [6, 6.07) is 3.66. The molecular formula is C12H17N5. The van der Waals surface area contributed by atoms with E-state index in [4.69, 9.17) is 11.0 Å². The Bertz CT molecular complexity index is 417. The van der Waals surface area contributed by atoms with E-state index in [1.165, 1.54) is 32.1 Å². The summed E-state index contributed by atoms with van der Waals surface area (Å²) in [6.45, 7) is 4.24. The summed E-state index contributed by atoms with van der Waals surface area (Å²) < 4.78 is 0. The monoisotopic (exact) mass is 231 g/mol. The van der Waals surface area contributed by atoms with Crippen molar-refractivity contribution in [3.63, 3.8) is 0 Å². The number of nitriles is 1. The van der Waals surface area contributed by atoms with Gasteiger partial charge in [0, 0.05) is 19.3 Å². The van der Waals surface area contributed by atoms with E-state index in [2.05, 4.69) is 15.2 Å². The lowest BCUT2D eigenvalue weighted by Crippen LogP contribution is -2.26. The molecule has 0 atom stereocenters. The van der Waals surface area contributed by atoms with Gasteiger partial charge in [-0.15, -0.1) is 0 Å². The van der Waals surface area contributed by atoms with Gasteiger partial charge in [-0.2, -0.15) is 5.26 Å². The quantitative estimate of drug-likeness (QED) is 0.809. The third kappa shape index (κ3) is 3.08. The Kier molecular flexibility index (Phi) is 3.78. The zero-order chi connectivity index (χ0) is 12.1. The maximum absolute atomic E-state index is 8.70. The van der Waals surface area contributed by atoms with Crippen molar-refractivity contribution in [2.45, 2.75) is 12.8 Å². The van der Waals surface area contributed by atoms with Crippen LogP contribution >= 0.6 is 0 Å². The molecule has 1 fully saturated rings. The lowest BCUT2D eigenvalue weighted by atomic mass is 10.3. The van der Waals surface area contributed by atoms with Gasteiger partial charge >= 0.3 is 0 Å². The Balaban J connectivity index is 1.84. The molecule has 0 spiro atoms. The van der Waals surface area contributed by atoms with Gasteiger partial charge in [-0.05, 0) is 32.0 Å². The zero-order valence-corrected chi connectivity index (χ0v) is 9.82. The lowest BCUT2D eigenvalue weighted by molar-refractivity contribution is 0.352. The van der Waals surface area contributed by atoms with Crippen molar-refractivity contribution in [3.05, 3.63) is 17.8 Å². The number of aromatic nitrogens is 1. The van der Waals surface area contributed by atoms with Gasteiger partial charge in [-0.1, -0.05) is 0 Å². The standard InChI is InChI=1S/C12H17N5/c13-8-10-7-11(14)12(16-9-10)15-3-6-17-4-1-2-5-17/h7,9H,1-6,14H2,(H,15,16). The van der Waals surface area contributed by atoms with Crippen molar-refractivity contribution < 1.29 is 0 Å². The predicted molar refractivity (Wildman–Crippen MR) is 67.5 cm³/mol. The van der Waals surface area contributed by atoms with Gasteiger partial charge in [0.15, 0.2) is 0 Å². The minimum atomic E-state index is 0.493. The topological polar surface area (TPSA) is 78.0 Å². The third-order valence-electron chi connectivity index (χ3n) is 2.97. The van der Waals surface area contributed by atoms with Gasteiger partial charge < -0.3 is 16.0 Å². The second kappa shape index (κ2) is 5.51. The maximum Gasteiger partial charge on any atom is 0.149 e. The highest BCUT2D eigenvalue weighted by molar-refractivity contribution is 5.62. The minimum absolute atomic E-state index is 0.493. The number of nitrogens with zero attached hydrogens (tertiary/aromatic N) is 3. The number of nitrogens with two attached hydrogens (primary N) is 1. The van der Waals surface area contributed by atoms with Gasteiger partial charge in [0.2, 0.25) is 0 Å². The van der Waals surface area contributed by atoms with Crippen molar-refractivity contribution in [1.82, 2.24) is 9.88 Å². The summed E-state index contributed by atoms with van der Waals surface area (Å²) in [5, 5.41) is 11.9. The van der Waals surface area contributed by atoms with Crippen LogP contribution in [0.1, 0.15) is 18.4 Å². The summed E-state index contributed by atoms with van der Waals surface area (Å²) in [5.74, 6) is 0.670. The molecule has 0 bridgehead atoms. The molecule has 0 amide bonds. The second-order valence-corrected chi connectivity index (χ2v) is 4.25. The molecule has 0 aliphatic carbocycles. The molecule has 5 heteroatoms. The normalized spacial score (nSPS) is 15.7. The number of rotatable bonds is 4. The third-order valence-corrected chi connectivity index (χ3v) is 2.97. The first kappa shape index (κ1) is 11.7. The van der Waals surface area contributed by atoms with Crippen LogP contribution in [0.25, 0.3) is 0 Å². The van der Waals surface area contributed by atoms with Gasteiger partial charge in [-0.25, -0.2) is 4.98 Å². The Morgan fingerprint density at radius 2 is 2.24 bits per heavy atom. The van der Waals surface area contributed by atoms with Crippen LogP contribution in [-0.2, 0) is 0 Å². The molecule has 1 aromatic heterocycles. The molecule has 1 aromatic rings. The van der Waals surface area contributed by atoms with Gasteiger partial charge in [0.1, 0.15) is 11.9 Å². The van der Waals surface area contributed by atoms with Crippen molar-refractivity contribution in [3.8, 4) is 6.07 Å². The first-order valence-electron chi connectivity index (χ1n) is 5.91. The van der Waals surface area contributed by atoms with Crippen molar-refractivity contribution in [2.75, 3.05) is 37.2 Å². The van der Waals surface area contributed by atoms with E-state index in [1.54, 1.807) is 6.07 Å². The van der Waals surface area contributed by atoms with Crippen LogP contribution in [0.3, 0.4) is 0 Å². The van der Waals surface area contributed by atoms with E-state index < -0.39 is 0 Å². The molecule has 17 heavy (non-hydrogen) atoms. The molecule has 0 aromatic carbocycles. The van der Waals surface area contributed by atoms with Gasteiger partial charge in [0.25, 0.3) is 0 Å². The predicted octanol–water partition coefficient (Wildman–Crippen LogP) is 1.04. The fourth-order valence-corrected chi connectivity index (χ4v) is 2.03. The van der Waals surface area contributed by atoms with E-state index >= 15 is 0 Å². The molecule has 5 nitrogen and oxygen atoms in total. The summed E-state index contributed by atoms with van der Waals surface area (Å²) in [6.07, 6.45) is 4.14. The average molecular weight is 231 g/mol. The highest BCUT2D eigenvalue weighted by Gasteiger charge is 2.10. The van der Waals surface area contributed by atoms with E-state index in [-0.39, 0.29) is 0 Å². The maximum atomic E-state index is 8.70. The van der Waals surface area contributed by atoms with Crippen LogP contribution in [0.15, 0.2) is 12.3 Å². The number of anilines is 2. The first-order valence-corrected chi connectivity index (χ1v) is 5.91. The SMILES string of the molecule is N#Cc1cnc(NCCN2CCCC2)c(N)c1. The Morgan fingerprint density at radius 1 is 1.47 bits per heavy atom. The van der Waals surface area contributed by atoms with E-state index in [0.29, 0.717) is 17.1 Å². The molecule has 1 saturated heterocycles. The number of pyridine rings is 1. The van der Waals surface area contributed by atoms with Gasteiger partial charge in [0.05, 0.1) is 11.3 Å². The van der Waals surface area contributed by atoms with E-state index in [9.17, 15) is 0 Å². The smallest absolute Gasteiger partial charge is 0.149 e. The lowest BCUT2D eigenvalue weighted by Gasteiger charge is -2.15. The molecular weight excluding hydrogens is 214 g/mol. The Labute approximate surface area is 101 Å². The van der Waals surface area contributed by atoms with Crippen LogP contribution in [0, 0.1) is 11.3 Å². The zero-order valence-electron chi connectivity index (χ0n) is 9.82. The summed E-state index contributed by atoms with van der Waals surface area (Å²) in [4.78, 5) is 6.56. The van der Waals surface area contributed by atoms with Crippen molar-refractivity contribution in [1.29, 1.82) is 5.26 Å². The Morgan fingerprint density at radius 3 is 2.88 bits per heavy atom. The minimum Gasteiger partial charge on any atom is -0.396 e. The fraction of sp³-hybridized carbons (Fsp3) is 0.500. The number of nitrogen functional groups attached to an aromatic ring is 1. The number of hydrogen-bond acceptors (Lipinski definition) is 5. The van der Waals surface area contributed by atoms with Crippen LogP contribution in [-0.4, -0.2) is 36.1 Å². The molecule has 0 saturated carbocycles. The van der Waals surface area contributed by atoms with E-state index in [0.717, 1.165) is 13.1 Å². The summed E-state index contributed by atoms with van der Waals surface area (Å²) >= 11 is 0. The van der Waals surface area contributed by atoms with Crippen LogP contribution in [0.5, 0.6) is 0 Å². The molecule has 0 unspecified atom stereocenters. The summed E-state index contributed by atoms with van der Waals surface area (Å²) in [5.41, 5.74) is 6.83. The highest BCUT2D eigenvalue weighted by atomic mass is 15.2. The molecule has 2 rings (SSSR count). The van der Waals surface area contributed by atoms with Crippen molar-refractivity contribution >= 4 is 11.5 Å². The van der Waals surface area contributed by atoms with Crippen LogP contribution in [0.2, 0.25) is 0 Å². The molecule has 0 radical (unpaired) electrons. The Hall–Kier alpha value is -1.80. The largest absolute Gasteiger partial charge is 0.396 e. The number of likely N-dealkylation sites (tertiary alicyclic amines) is 1. The van der Waals surface area contributed by atoms with E-state index in [1.807, 2.05) is 6.07 Å². The fourth-order valence-electron chi connectivity index (χ4n) is 2.03. The highest BCUT2D eigenvalue weighted by Crippen LogP contribution is 2.15. The molecule has 90 valence electrons.